The second-order valence-electron chi connectivity index (χ2n) is 14.8. The predicted molar refractivity (Wildman–Crippen MR) is 208 cm³/mol. The zero-order valence-corrected chi connectivity index (χ0v) is 36.9. The zero-order valence-electron chi connectivity index (χ0n) is 31.6. The molecule has 0 radical (unpaired) electrons. The summed E-state index contributed by atoms with van der Waals surface area (Å²) in [6.45, 7) is 7.57. The molecular weight excluding hydrogens is 820 g/mol. The minimum absolute atomic E-state index is 0. The number of hydrogen-bond donors (Lipinski definition) is 4. The van der Waals surface area contributed by atoms with E-state index in [1.54, 1.807) is 33.8 Å². The number of rotatable bonds is 11. The standard InChI is InChI=1S/C36H44N2O13S4.Na/c1-35(2)28-22-26(54(46,47)48)12-14-30(28)37(18-6-20-52(40,41)42)32(35)16-10-24-8-5-9-25(34(24)39)11-17-33-36(3,4)29-23-27(55(49,50)51)13-15-31(29)38(33)19-7-21-53(43,44)45;/h10-17,22-23H,5-9,18-21H2,1-4H3,(H4,40,41,42,43,44,45,46,47,48,49,50,51);/q;+1/b24-10+,25-11?,32-16+,33-17?;. The van der Waals surface area contributed by atoms with E-state index in [1.807, 2.05) is 27.7 Å². The molecule has 0 amide bonds. The Morgan fingerprint density at radius 3 is 2.04 bits per heavy atom. The molecule has 0 saturated heterocycles. The molecule has 2 aliphatic carbocycles. The maximum absolute atomic E-state index is 13.9. The molecule has 56 heavy (non-hydrogen) atoms. The number of anilines is 1. The van der Waals surface area contributed by atoms with Gasteiger partial charge in [0.15, 0.2) is 11.5 Å². The molecule has 1 saturated carbocycles. The average molecular weight is 864 g/mol. The fraction of sp³-hybridized carbons (Fsp3) is 0.417. The number of Topliss-reactive ketones (excluding diaryl/α,β-unsaturated/α-hetero) is 1. The number of nitrogens with zero attached hydrogens (tertiary/aromatic N) is 2. The summed E-state index contributed by atoms with van der Waals surface area (Å²) in [5.41, 5.74) is 2.77. The molecular formula is C36H44N2NaO13S4+. The molecule has 1 aromatic rings. The van der Waals surface area contributed by atoms with Gasteiger partial charge in [-0.1, -0.05) is 19.9 Å². The van der Waals surface area contributed by atoms with Crippen molar-refractivity contribution >= 4 is 62.5 Å². The van der Waals surface area contributed by atoms with E-state index in [0.29, 0.717) is 64.3 Å². The quantitative estimate of drug-likeness (QED) is 0.0798. The summed E-state index contributed by atoms with van der Waals surface area (Å²) in [5, 5.41) is 0. The van der Waals surface area contributed by atoms with Gasteiger partial charge in [0.25, 0.3) is 20.2 Å². The molecule has 2 aliphatic heterocycles. The largest absolute Gasteiger partial charge is 1.00 e. The summed E-state index contributed by atoms with van der Waals surface area (Å²) in [4.78, 5) is 15.2. The van der Waals surface area contributed by atoms with Crippen LogP contribution < -0.4 is 34.5 Å². The van der Waals surface area contributed by atoms with Crippen LogP contribution in [0.4, 0.5) is 5.69 Å². The topological polar surface area (TPSA) is 247 Å². The van der Waals surface area contributed by atoms with Crippen LogP contribution in [0.25, 0.3) is 0 Å². The fourth-order valence-corrected chi connectivity index (χ4v) is 9.50. The van der Waals surface area contributed by atoms with Crippen molar-refractivity contribution in [2.45, 2.75) is 70.1 Å². The SMILES string of the molecule is CC1(C)C2=CC(=S(=O)(O)O)C=CC2=[N+](CCCS(=O)(=O)[O-])/C1=C/C=C1\CCCC(=CC=C2N(CCCS(=O)(=O)O)c3ccc(S(=O)(=O)O)cc3C2(C)C)C1=O.[Na+]. The number of ketones is 1. The molecule has 1 aromatic carbocycles. The first-order chi connectivity index (χ1) is 25.2. The van der Waals surface area contributed by atoms with Crippen molar-refractivity contribution in [3.63, 3.8) is 0 Å². The Labute approximate surface area is 350 Å². The number of benzene rings is 1. The van der Waals surface area contributed by atoms with Gasteiger partial charge < -0.3 is 9.45 Å². The van der Waals surface area contributed by atoms with Gasteiger partial charge in [-0.3, -0.25) is 23.0 Å². The molecule has 300 valence electrons. The van der Waals surface area contributed by atoms with Crippen LogP contribution in [0, 0.1) is 5.41 Å². The van der Waals surface area contributed by atoms with Gasteiger partial charge in [-0.15, -0.1) is 0 Å². The molecule has 0 aromatic heterocycles. The summed E-state index contributed by atoms with van der Waals surface area (Å²) in [7, 11) is -17.6. The van der Waals surface area contributed by atoms with Crippen LogP contribution >= 0.6 is 0 Å². The van der Waals surface area contributed by atoms with Crippen LogP contribution in [0.3, 0.4) is 0 Å². The first-order valence-corrected chi connectivity index (χ1v) is 23.4. The molecule has 2 heterocycles. The van der Waals surface area contributed by atoms with Gasteiger partial charge in [-0.05, 0) is 98.7 Å². The van der Waals surface area contributed by atoms with E-state index in [1.165, 1.54) is 36.4 Å². The summed E-state index contributed by atoms with van der Waals surface area (Å²) in [6.07, 6.45) is 12.6. The molecule has 4 aliphatic rings. The van der Waals surface area contributed by atoms with E-state index < -0.39 is 62.8 Å². The summed E-state index contributed by atoms with van der Waals surface area (Å²) in [5.74, 6) is -1.36. The smallest absolute Gasteiger partial charge is 0.748 e. The minimum atomic E-state index is -4.53. The summed E-state index contributed by atoms with van der Waals surface area (Å²) in [6, 6.07) is 4.11. The van der Waals surface area contributed by atoms with Crippen LogP contribution in [0.1, 0.15) is 65.4 Å². The van der Waals surface area contributed by atoms with Crippen molar-refractivity contribution in [2.75, 3.05) is 29.5 Å². The minimum Gasteiger partial charge on any atom is -0.748 e. The first-order valence-electron chi connectivity index (χ1n) is 17.3. The third-order valence-electron chi connectivity index (χ3n) is 10.3. The van der Waals surface area contributed by atoms with Gasteiger partial charge in [0, 0.05) is 53.2 Å². The molecule has 0 bridgehead atoms. The molecule has 5 rings (SSSR count). The predicted octanol–water partition coefficient (Wildman–Crippen LogP) is 1.01. The van der Waals surface area contributed by atoms with Gasteiger partial charge in [-0.2, -0.15) is 21.4 Å². The van der Waals surface area contributed by atoms with Crippen LogP contribution in [-0.4, -0.2) is 97.8 Å². The summed E-state index contributed by atoms with van der Waals surface area (Å²) >= 11 is 0. The van der Waals surface area contributed by atoms with E-state index in [4.69, 9.17) is 0 Å². The zero-order chi connectivity index (χ0) is 40.9. The molecule has 1 fully saturated rings. The molecule has 15 nitrogen and oxygen atoms in total. The summed E-state index contributed by atoms with van der Waals surface area (Å²) < 4.78 is 134. The van der Waals surface area contributed by atoms with Crippen molar-refractivity contribution in [2.24, 2.45) is 5.41 Å². The monoisotopic (exact) mass is 863 g/mol. The third-order valence-corrected chi connectivity index (χ3v) is 13.6. The fourth-order valence-electron chi connectivity index (χ4n) is 7.50. The van der Waals surface area contributed by atoms with E-state index in [9.17, 15) is 57.0 Å². The van der Waals surface area contributed by atoms with Gasteiger partial charge in [0.05, 0.1) is 31.0 Å². The van der Waals surface area contributed by atoms with Crippen LogP contribution in [0.2, 0.25) is 0 Å². The number of hydrogen-bond acceptors (Lipinski definition) is 10. The number of carbonyl (C=O) groups excluding carboxylic acids is 1. The van der Waals surface area contributed by atoms with Crippen molar-refractivity contribution in [3.05, 3.63) is 94.4 Å². The number of allylic oxidation sites excluding steroid dienone is 11. The van der Waals surface area contributed by atoms with E-state index in [2.05, 4.69) is 0 Å². The number of carbonyl (C=O) groups is 1. The Hall–Kier alpha value is -2.53. The van der Waals surface area contributed by atoms with Crippen LogP contribution in [0.5, 0.6) is 0 Å². The maximum atomic E-state index is 13.9. The van der Waals surface area contributed by atoms with Gasteiger partial charge in [-0.25, -0.2) is 12.6 Å². The van der Waals surface area contributed by atoms with E-state index in [-0.39, 0.29) is 71.0 Å². The third kappa shape index (κ3) is 10.2. The maximum Gasteiger partial charge on any atom is 1.00 e. The Morgan fingerprint density at radius 1 is 0.839 bits per heavy atom. The number of fused-ring (bicyclic) bond motifs is 2. The molecule has 20 heteroatoms. The van der Waals surface area contributed by atoms with Crippen LogP contribution in [0.15, 0.2) is 93.7 Å². The van der Waals surface area contributed by atoms with Gasteiger partial charge >= 0.3 is 29.6 Å². The molecule has 0 spiro atoms. The molecule has 4 N–H and O–H groups in total. The van der Waals surface area contributed by atoms with Crippen molar-refractivity contribution in [1.29, 1.82) is 0 Å². The second-order valence-corrected chi connectivity index (χ2v) is 20.8. The second kappa shape index (κ2) is 16.6. The van der Waals surface area contributed by atoms with E-state index in [0.717, 1.165) is 0 Å². The Kier molecular flexibility index (Phi) is 13.7. The van der Waals surface area contributed by atoms with Gasteiger partial charge in [0.2, 0.25) is 15.8 Å². The van der Waals surface area contributed by atoms with Crippen molar-refractivity contribution in [1.82, 2.24) is 0 Å². The van der Waals surface area contributed by atoms with Crippen LogP contribution in [-0.2, 0) is 50.6 Å². The molecule has 0 atom stereocenters. The van der Waals surface area contributed by atoms with Crippen molar-refractivity contribution < 1.29 is 91.2 Å². The average Bonchev–Trinajstić information content (AvgIpc) is 3.39. The first kappa shape index (κ1) is 46.2. The Morgan fingerprint density at radius 2 is 1.46 bits per heavy atom. The molecule has 0 unspecified atom stereocenters. The van der Waals surface area contributed by atoms with Crippen molar-refractivity contribution in [3.8, 4) is 0 Å². The Bertz CT molecular complexity index is 2520. The Balaban J connectivity index is 0.00000696. The van der Waals surface area contributed by atoms with E-state index >= 15 is 0 Å². The van der Waals surface area contributed by atoms with Gasteiger partial charge in [0.1, 0.15) is 6.54 Å². The normalized spacial score (nSPS) is 22.6.